The van der Waals surface area contributed by atoms with Gasteiger partial charge in [0.05, 0.1) is 18.8 Å². The average Bonchev–Trinajstić information content (AvgIpc) is 2.02. The number of carboxylic acids is 1. The first-order valence-electron chi connectivity index (χ1n) is 4.33. The Balaban J connectivity index is 2.79. The van der Waals surface area contributed by atoms with Crippen LogP contribution in [0.3, 0.4) is 0 Å². The van der Waals surface area contributed by atoms with Gasteiger partial charge in [-0.3, -0.25) is 0 Å². The highest BCUT2D eigenvalue weighted by atomic mass is 16.4. The van der Waals surface area contributed by atoms with Crippen LogP contribution in [-0.4, -0.2) is 55.9 Å². The van der Waals surface area contributed by atoms with Gasteiger partial charge in [-0.25, -0.2) is 4.79 Å². The predicted molar refractivity (Wildman–Crippen MR) is 44.4 cm³/mol. The molecule has 0 aromatic carbocycles. The maximum Gasteiger partial charge on any atom is 0.335 e. The van der Waals surface area contributed by atoms with Crippen LogP contribution in [0, 0.1) is 5.92 Å². The van der Waals surface area contributed by atoms with Crippen LogP contribution in [0.25, 0.3) is 0 Å². The lowest BCUT2D eigenvalue weighted by Crippen LogP contribution is -2.54. The van der Waals surface area contributed by atoms with E-state index in [1.54, 1.807) is 0 Å². The van der Waals surface area contributed by atoms with Crippen LogP contribution < -0.4 is 0 Å². The van der Waals surface area contributed by atoms with E-state index in [4.69, 9.17) is 10.2 Å². The second-order valence-electron chi connectivity index (χ2n) is 3.73. The third-order valence-corrected chi connectivity index (χ3v) is 2.69. The standard InChI is InChI=1S/C8H14O6/c9-3-4-5(10)1-8(14,7(12)13)2-6(4)11/h4-6,9-11,14H,1-3H2,(H,12,13)/t4?,5-,6-,8?/m1/s1. The normalized spacial score (nSPS) is 43.6. The van der Waals surface area contributed by atoms with Crippen molar-refractivity contribution in [3.8, 4) is 0 Å². The molecule has 6 nitrogen and oxygen atoms in total. The van der Waals surface area contributed by atoms with Crippen molar-refractivity contribution in [3.63, 3.8) is 0 Å². The zero-order valence-corrected chi connectivity index (χ0v) is 7.50. The highest BCUT2D eigenvalue weighted by Gasteiger charge is 2.48. The van der Waals surface area contributed by atoms with Crippen molar-refractivity contribution >= 4 is 5.97 Å². The molecule has 0 aromatic rings. The van der Waals surface area contributed by atoms with E-state index in [0.29, 0.717) is 0 Å². The van der Waals surface area contributed by atoms with E-state index in [2.05, 4.69) is 0 Å². The molecule has 1 aliphatic carbocycles. The van der Waals surface area contributed by atoms with Gasteiger partial charge in [0, 0.05) is 18.8 Å². The Morgan fingerprint density at radius 3 is 2.00 bits per heavy atom. The van der Waals surface area contributed by atoms with Crippen molar-refractivity contribution in [2.45, 2.75) is 30.7 Å². The van der Waals surface area contributed by atoms with Crippen LogP contribution >= 0.6 is 0 Å². The molecule has 1 fully saturated rings. The van der Waals surface area contributed by atoms with Gasteiger partial charge in [0.2, 0.25) is 0 Å². The van der Waals surface area contributed by atoms with Crippen molar-refractivity contribution in [1.29, 1.82) is 0 Å². The first-order valence-corrected chi connectivity index (χ1v) is 4.33. The fraction of sp³-hybridized carbons (Fsp3) is 0.875. The molecular formula is C8H14O6. The van der Waals surface area contributed by atoms with Gasteiger partial charge in [-0.2, -0.15) is 0 Å². The summed E-state index contributed by atoms with van der Waals surface area (Å²) in [7, 11) is 0. The Hall–Kier alpha value is -0.690. The van der Waals surface area contributed by atoms with Crippen LogP contribution in [0.5, 0.6) is 0 Å². The average molecular weight is 206 g/mol. The number of hydrogen-bond donors (Lipinski definition) is 5. The van der Waals surface area contributed by atoms with Crippen LogP contribution in [0.4, 0.5) is 0 Å². The van der Waals surface area contributed by atoms with E-state index in [0.717, 1.165) is 0 Å². The van der Waals surface area contributed by atoms with E-state index < -0.39 is 36.3 Å². The second-order valence-corrected chi connectivity index (χ2v) is 3.73. The molecule has 0 spiro atoms. The van der Waals surface area contributed by atoms with Crippen LogP contribution in [-0.2, 0) is 4.79 Å². The third-order valence-electron chi connectivity index (χ3n) is 2.69. The fourth-order valence-electron chi connectivity index (χ4n) is 1.75. The summed E-state index contributed by atoms with van der Waals surface area (Å²) in [5.41, 5.74) is -2.09. The highest BCUT2D eigenvalue weighted by molar-refractivity contribution is 5.77. The Morgan fingerprint density at radius 2 is 1.71 bits per heavy atom. The lowest BCUT2D eigenvalue weighted by atomic mass is 9.75. The molecule has 5 N–H and O–H groups in total. The molecule has 0 saturated heterocycles. The SMILES string of the molecule is O=C(O)C1(O)C[C@@H](O)C(CO)[C@H](O)C1. The predicted octanol–water partition coefficient (Wildman–Crippen LogP) is -2.07. The van der Waals surface area contributed by atoms with Crippen molar-refractivity contribution in [3.05, 3.63) is 0 Å². The smallest absolute Gasteiger partial charge is 0.335 e. The summed E-state index contributed by atoms with van der Waals surface area (Å²) in [5.74, 6) is -2.25. The molecule has 0 unspecified atom stereocenters. The summed E-state index contributed by atoms with van der Waals surface area (Å²) in [6.45, 7) is -0.433. The minimum atomic E-state index is -2.09. The Morgan fingerprint density at radius 1 is 1.29 bits per heavy atom. The van der Waals surface area contributed by atoms with Gasteiger partial charge < -0.3 is 25.5 Å². The van der Waals surface area contributed by atoms with Gasteiger partial charge in [0.25, 0.3) is 0 Å². The molecule has 1 saturated carbocycles. The molecule has 82 valence electrons. The molecule has 0 amide bonds. The quantitative estimate of drug-likeness (QED) is 0.354. The molecule has 0 bridgehead atoms. The number of carbonyl (C=O) groups is 1. The van der Waals surface area contributed by atoms with E-state index >= 15 is 0 Å². The van der Waals surface area contributed by atoms with E-state index in [1.807, 2.05) is 0 Å². The third kappa shape index (κ3) is 1.88. The molecule has 14 heavy (non-hydrogen) atoms. The minimum absolute atomic E-state index is 0.370. The Bertz CT molecular complexity index is 216. The van der Waals surface area contributed by atoms with E-state index in [-0.39, 0.29) is 12.8 Å². The molecule has 2 atom stereocenters. The molecule has 6 heteroatoms. The van der Waals surface area contributed by atoms with Gasteiger partial charge in [-0.05, 0) is 0 Å². The van der Waals surface area contributed by atoms with Gasteiger partial charge >= 0.3 is 5.97 Å². The summed E-state index contributed by atoms with van der Waals surface area (Å²) in [6.07, 6.45) is -3.15. The van der Waals surface area contributed by atoms with E-state index in [9.17, 15) is 20.1 Å². The zero-order chi connectivity index (χ0) is 10.9. The van der Waals surface area contributed by atoms with Crippen molar-refractivity contribution < 1.29 is 30.3 Å². The van der Waals surface area contributed by atoms with Crippen molar-refractivity contribution in [1.82, 2.24) is 0 Å². The molecule has 0 radical (unpaired) electrons. The van der Waals surface area contributed by atoms with Crippen molar-refractivity contribution in [2.24, 2.45) is 5.92 Å². The number of hydrogen-bond acceptors (Lipinski definition) is 5. The molecule has 0 aromatic heterocycles. The summed E-state index contributed by atoms with van der Waals surface area (Å²) in [5, 5.41) is 45.7. The molecule has 0 heterocycles. The van der Waals surface area contributed by atoms with Gasteiger partial charge in [-0.15, -0.1) is 0 Å². The van der Waals surface area contributed by atoms with Gasteiger partial charge in [0.15, 0.2) is 5.60 Å². The van der Waals surface area contributed by atoms with Crippen LogP contribution in [0.2, 0.25) is 0 Å². The molecule has 1 aliphatic rings. The van der Waals surface area contributed by atoms with Crippen LogP contribution in [0.15, 0.2) is 0 Å². The van der Waals surface area contributed by atoms with Crippen LogP contribution in [0.1, 0.15) is 12.8 Å². The Labute approximate surface area is 80.4 Å². The summed E-state index contributed by atoms with van der Waals surface area (Å²) in [6, 6.07) is 0. The first-order chi connectivity index (χ1) is 6.40. The summed E-state index contributed by atoms with van der Waals surface area (Å²) in [4.78, 5) is 10.6. The number of aliphatic hydroxyl groups is 4. The Kier molecular flexibility index (Phi) is 3.10. The topological polar surface area (TPSA) is 118 Å². The molecular weight excluding hydrogens is 192 g/mol. The molecule has 1 rings (SSSR count). The van der Waals surface area contributed by atoms with Crippen molar-refractivity contribution in [2.75, 3.05) is 6.61 Å². The number of aliphatic carboxylic acids is 1. The van der Waals surface area contributed by atoms with Gasteiger partial charge in [-0.1, -0.05) is 0 Å². The number of aliphatic hydroxyl groups excluding tert-OH is 3. The lowest BCUT2D eigenvalue weighted by molar-refractivity contribution is -0.181. The van der Waals surface area contributed by atoms with E-state index in [1.165, 1.54) is 0 Å². The monoisotopic (exact) mass is 206 g/mol. The summed E-state index contributed by atoms with van der Waals surface area (Å²) < 4.78 is 0. The van der Waals surface area contributed by atoms with Gasteiger partial charge in [0.1, 0.15) is 0 Å². The number of carboxylic acid groups (broad SMARTS) is 1. The maximum atomic E-state index is 10.6. The largest absolute Gasteiger partial charge is 0.479 e. The minimum Gasteiger partial charge on any atom is -0.479 e. The zero-order valence-electron chi connectivity index (χ0n) is 7.50. The second kappa shape index (κ2) is 3.82. The lowest BCUT2D eigenvalue weighted by Gasteiger charge is -2.39. The summed E-state index contributed by atoms with van der Waals surface area (Å²) >= 11 is 0. The maximum absolute atomic E-state index is 10.6. The number of rotatable bonds is 2. The fourth-order valence-corrected chi connectivity index (χ4v) is 1.75. The first kappa shape index (κ1) is 11.4. The molecule has 0 aliphatic heterocycles. The highest BCUT2D eigenvalue weighted by Crippen LogP contribution is 2.32.